The Hall–Kier alpha value is -1.76. The van der Waals surface area contributed by atoms with Gasteiger partial charge >= 0.3 is 0 Å². The molecule has 0 radical (unpaired) electrons. The number of nitrogens with one attached hydrogen (secondary N) is 1. The monoisotopic (exact) mass is 355 g/mol. The van der Waals surface area contributed by atoms with Crippen LogP contribution in [0.5, 0.6) is 11.5 Å². The van der Waals surface area contributed by atoms with Gasteiger partial charge in [-0.05, 0) is 49.4 Å². The molecule has 0 bridgehead atoms. The third-order valence-corrected chi connectivity index (χ3v) is 5.17. The predicted molar refractivity (Wildman–Crippen MR) is 89.7 cm³/mol. The van der Waals surface area contributed by atoms with Gasteiger partial charge in [0, 0.05) is 16.6 Å². The van der Waals surface area contributed by atoms with Gasteiger partial charge in [0.15, 0.2) is 0 Å². The molecule has 0 aromatic heterocycles. The lowest BCUT2D eigenvalue weighted by Crippen LogP contribution is -2.27. The van der Waals surface area contributed by atoms with Crippen molar-refractivity contribution in [2.24, 2.45) is 0 Å². The van der Waals surface area contributed by atoms with Gasteiger partial charge in [-0.2, -0.15) is 0 Å². The summed E-state index contributed by atoms with van der Waals surface area (Å²) >= 11 is 5.79. The second-order valence-electron chi connectivity index (χ2n) is 4.90. The van der Waals surface area contributed by atoms with Crippen molar-refractivity contribution in [1.29, 1.82) is 0 Å². The Labute approximate surface area is 141 Å². The summed E-state index contributed by atoms with van der Waals surface area (Å²) < 4.78 is 38.0. The number of hydrogen-bond acceptors (Lipinski definition) is 4. The van der Waals surface area contributed by atoms with Crippen molar-refractivity contribution in [3.05, 3.63) is 53.1 Å². The Balaban J connectivity index is 2.30. The van der Waals surface area contributed by atoms with E-state index < -0.39 is 16.1 Å². The summed E-state index contributed by atoms with van der Waals surface area (Å²) in [6.45, 7) is 1.74. The van der Waals surface area contributed by atoms with Crippen LogP contribution in [-0.4, -0.2) is 22.6 Å². The van der Waals surface area contributed by atoms with Gasteiger partial charge in [0.25, 0.3) is 0 Å². The van der Waals surface area contributed by atoms with Crippen LogP contribution in [0.3, 0.4) is 0 Å². The quantitative estimate of drug-likeness (QED) is 0.862. The molecule has 5 nitrogen and oxygen atoms in total. The molecule has 1 atom stereocenters. The topological polar surface area (TPSA) is 64.6 Å². The summed E-state index contributed by atoms with van der Waals surface area (Å²) in [5.74, 6) is 1.20. The average molecular weight is 356 g/mol. The summed E-state index contributed by atoms with van der Waals surface area (Å²) in [6.07, 6.45) is 0. The van der Waals surface area contributed by atoms with Gasteiger partial charge in [0.1, 0.15) is 11.5 Å². The van der Waals surface area contributed by atoms with Crippen molar-refractivity contribution in [2.45, 2.75) is 17.9 Å². The lowest BCUT2D eigenvalue weighted by atomic mass is 10.1. The Morgan fingerprint density at radius 3 is 2.26 bits per heavy atom. The number of methoxy groups -OCH3 is 2. The molecule has 124 valence electrons. The predicted octanol–water partition coefficient (Wildman–Crippen LogP) is 3.40. The fraction of sp³-hybridized carbons (Fsp3) is 0.250. The molecule has 0 saturated carbocycles. The Bertz CT molecular complexity index is 775. The normalized spacial score (nSPS) is 12.7. The van der Waals surface area contributed by atoms with Gasteiger partial charge in [0.2, 0.25) is 10.0 Å². The lowest BCUT2D eigenvalue weighted by Gasteiger charge is -2.18. The number of hydrogen-bond donors (Lipinski definition) is 1. The fourth-order valence-corrected chi connectivity index (χ4v) is 3.50. The summed E-state index contributed by atoms with van der Waals surface area (Å²) in [5.41, 5.74) is 0.685. The molecule has 0 aliphatic carbocycles. The number of rotatable bonds is 6. The molecule has 0 amide bonds. The molecular weight excluding hydrogens is 338 g/mol. The van der Waals surface area contributed by atoms with Gasteiger partial charge in [-0.15, -0.1) is 0 Å². The van der Waals surface area contributed by atoms with Gasteiger partial charge in [0.05, 0.1) is 19.1 Å². The summed E-state index contributed by atoms with van der Waals surface area (Å²) in [7, 11) is -0.591. The van der Waals surface area contributed by atoms with Crippen LogP contribution in [0.4, 0.5) is 0 Å². The first-order chi connectivity index (χ1) is 10.9. The number of benzene rings is 2. The first-order valence-corrected chi connectivity index (χ1v) is 8.73. The van der Waals surface area contributed by atoms with E-state index in [1.807, 2.05) is 0 Å². The van der Waals surface area contributed by atoms with Crippen LogP contribution < -0.4 is 14.2 Å². The van der Waals surface area contributed by atoms with E-state index in [4.69, 9.17) is 21.1 Å². The highest BCUT2D eigenvalue weighted by Gasteiger charge is 2.21. The lowest BCUT2D eigenvalue weighted by molar-refractivity contribution is 0.395. The van der Waals surface area contributed by atoms with E-state index in [9.17, 15) is 8.42 Å². The van der Waals surface area contributed by atoms with E-state index >= 15 is 0 Å². The van der Waals surface area contributed by atoms with Crippen LogP contribution in [0.25, 0.3) is 0 Å². The van der Waals surface area contributed by atoms with Crippen molar-refractivity contribution < 1.29 is 17.9 Å². The van der Waals surface area contributed by atoms with E-state index in [1.54, 1.807) is 32.2 Å². The van der Waals surface area contributed by atoms with Crippen LogP contribution >= 0.6 is 11.6 Å². The zero-order valence-electron chi connectivity index (χ0n) is 13.0. The first kappa shape index (κ1) is 17.6. The van der Waals surface area contributed by atoms with E-state index in [2.05, 4.69) is 4.72 Å². The van der Waals surface area contributed by atoms with E-state index in [-0.39, 0.29) is 4.90 Å². The summed E-state index contributed by atoms with van der Waals surface area (Å²) in [6, 6.07) is 10.7. The van der Waals surface area contributed by atoms with Gasteiger partial charge < -0.3 is 9.47 Å². The highest BCUT2D eigenvalue weighted by atomic mass is 35.5. The molecule has 0 heterocycles. The molecule has 0 aliphatic rings. The molecule has 0 aliphatic heterocycles. The van der Waals surface area contributed by atoms with Gasteiger partial charge in [-0.3, -0.25) is 0 Å². The minimum atomic E-state index is -3.67. The highest BCUT2D eigenvalue weighted by Crippen LogP contribution is 2.30. The molecule has 2 aromatic carbocycles. The van der Waals surface area contributed by atoms with Crippen LogP contribution in [0.2, 0.25) is 5.02 Å². The third kappa shape index (κ3) is 4.16. The molecule has 0 spiro atoms. The maximum Gasteiger partial charge on any atom is 0.241 e. The van der Waals surface area contributed by atoms with Crippen LogP contribution in [0.15, 0.2) is 47.4 Å². The molecule has 1 N–H and O–H groups in total. The minimum Gasteiger partial charge on any atom is -0.497 e. The van der Waals surface area contributed by atoms with Gasteiger partial charge in [-0.25, -0.2) is 13.1 Å². The fourth-order valence-electron chi connectivity index (χ4n) is 2.16. The standard InChI is InChI=1S/C16H18ClNO4S/c1-11(15-10-13(21-2)6-9-16(15)22-3)18-23(19,20)14-7-4-12(17)5-8-14/h4-11,18H,1-3H3. The van der Waals surface area contributed by atoms with E-state index in [0.717, 1.165) is 0 Å². The van der Waals surface area contributed by atoms with Crippen molar-refractivity contribution in [2.75, 3.05) is 14.2 Å². The highest BCUT2D eigenvalue weighted by molar-refractivity contribution is 7.89. The summed E-state index contributed by atoms with van der Waals surface area (Å²) in [4.78, 5) is 0.149. The minimum absolute atomic E-state index is 0.149. The zero-order valence-corrected chi connectivity index (χ0v) is 14.6. The van der Waals surface area contributed by atoms with E-state index in [1.165, 1.54) is 31.4 Å². The molecule has 2 rings (SSSR count). The van der Waals surface area contributed by atoms with Crippen molar-refractivity contribution in [1.82, 2.24) is 4.72 Å². The second kappa shape index (κ2) is 7.21. The maximum atomic E-state index is 12.5. The first-order valence-electron chi connectivity index (χ1n) is 6.87. The number of halogens is 1. The van der Waals surface area contributed by atoms with Crippen molar-refractivity contribution in [3.63, 3.8) is 0 Å². The SMILES string of the molecule is COc1ccc(OC)c(C(C)NS(=O)(=O)c2ccc(Cl)cc2)c1. The Morgan fingerprint density at radius 2 is 1.70 bits per heavy atom. The number of ether oxygens (including phenoxy) is 2. The number of sulfonamides is 1. The molecule has 7 heteroatoms. The largest absolute Gasteiger partial charge is 0.497 e. The molecular formula is C16H18ClNO4S. The Morgan fingerprint density at radius 1 is 1.04 bits per heavy atom. The smallest absolute Gasteiger partial charge is 0.241 e. The Kier molecular flexibility index (Phi) is 5.51. The van der Waals surface area contributed by atoms with Crippen molar-refractivity contribution in [3.8, 4) is 11.5 Å². The molecule has 2 aromatic rings. The van der Waals surface area contributed by atoms with E-state index in [0.29, 0.717) is 22.1 Å². The average Bonchev–Trinajstić information content (AvgIpc) is 2.54. The maximum absolute atomic E-state index is 12.5. The summed E-state index contributed by atoms with van der Waals surface area (Å²) in [5, 5.41) is 0.478. The zero-order chi connectivity index (χ0) is 17.0. The molecule has 23 heavy (non-hydrogen) atoms. The third-order valence-electron chi connectivity index (χ3n) is 3.36. The molecule has 0 fully saturated rings. The molecule has 0 saturated heterocycles. The van der Waals surface area contributed by atoms with Crippen LogP contribution in [-0.2, 0) is 10.0 Å². The second-order valence-corrected chi connectivity index (χ2v) is 7.06. The van der Waals surface area contributed by atoms with Gasteiger partial charge in [-0.1, -0.05) is 11.6 Å². The van der Waals surface area contributed by atoms with Crippen LogP contribution in [0.1, 0.15) is 18.5 Å². The molecule has 1 unspecified atom stereocenters. The van der Waals surface area contributed by atoms with Crippen molar-refractivity contribution >= 4 is 21.6 Å². The van der Waals surface area contributed by atoms with Crippen LogP contribution in [0, 0.1) is 0 Å².